The van der Waals surface area contributed by atoms with Gasteiger partial charge in [-0.15, -0.1) is 0 Å². The van der Waals surface area contributed by atoms with Crippen LogP contribution in [-0.2, 0) is 9.53 Å². The molecule has 1 rings (SSSR count). The molecule has 1 atom stereocenters. The van der Waals surface area contributed by atoms with Gasteiger partial charge in [-0.2, -0.15) is 0 Å². The van der Waals surface area contributed by atoms with Crippen molar-refractivity contribution in [2.24, 2.45) is 5.92 Å². The summed E-state index contributed by atoms with van der Waals surface area (Å²) in [5.41, 5.74) is 0. The largest absolute Gasteiger partial charge is 0.465 e. The van der Waals surface area contributed by atoms with Gasteiger partial charge in [0.15, 0.2) is 0 Å². The average Bonchev–Trinajstić information content (AvgIpc) is 2.27. The topological polar surface area (TPSA) is 38.3 Å². The predicted octanol–water partition coefficient (Wildman–Crippen LogP) is 2.11. The fraction of sp³-hybridized carbons (Fsp3) is 0.917. The number of nitrogens with one attached hydrogen (secondary N) is 1. The van der Waals surface area contributed by atoms with Gasteiger partial charge in [0.05, 0.1) is 6.61 Å². The number of rotatable bonds is 5. The van der Waals surface area contributed by atoms with Crippen LogP contribution in [-0.4, -0.2) is 25.2 Å². The summed E-state index contributed by atoms with van der Waals surface area (Å²) >= 11 is 0. The maximum absolute atomic E-state index is 11.3. The molecule has 0 aliphatic heterocycles. The minimum Gasteiger partial charge on any atom is -0.465 e. The van der Waals surface area contributed by atoms with Crippen LogP contribution in [0, 0.1) is 5.92 Å². The summed E-state index contributed by atoms with van der Waals surface area (Å²) in [6, 6.07) is -0.160. The van der Waals surface area contributed by atoms with Crippen LogP contribution < -0.4 is 5.32 Å². The highest BCUT2D eigenvalue weighted by atomic mass is 16.5. The van der Waals surface area contributed by atoms with Crippen molar-refractivity contribution in [3.63, 3.8) is 0 Å². The molecule has 0 radical (unpaired) electrons. The van der Waals surface area contributed by atoms with E-state index in [0.717, 1.165) is 12.5 Å². The van der Waals surface area contributed by atoms with E-state index in [2.05, 4.69) is 5.32 Å². The Kier molecular flexibility index (Phi) is 5.69. The summed E-state index contributed by atoms with van der Waals surface area (Å²) in [6.45, 7) is 5.14. The zero-order valence-corrected chi connectivity index (χ0v) is 9.92. The molecule has 15 heavy (non-hydrogen) atoms. The molecule has 1 saturated carbocycles. The van der Waals surface area contributed by atoms with Gasteiger partial charge < -0.3 is 10.1 Å². The van der Waals surface area contributed by atoms with E-state index >= 15 is 0 Å². The maximum Gasteiger partial charge on any atom is 0.322 e. The third-order valence-corrected chi connectivity index (χ3v) is 3.08. The van der Waals surface area contributed by atoms with Gasteiger partial charge in [-0.05, 0) is 39.2 Å². The maximum atomic E-state index is 11.3. The normalized spacial score (nSPS) is 19.9. The zero-order valence-electron chi connectivity index (χ0n) is 9.92. The predicted molar refractivity (Wildman–Crippen MR) is 60.7 cm³/mol. The summed E-state index contributed by atoms with van der Waals surface area (Å²) in [5, 5.41) is 3.26. The van der Waals surface area contributed by atoms with E-state index in [4.69, 9.17) is 4.74 Å². The Morgan fingerprint density at radius 1 is 1.40 bits per heavy atom. The summed E-state index contributed by atoms with van der Waals surface area (Å²) in [7, 11) is 0. The second kappa shape index (κ2) is 6.83. The molecule has 1 aliphatic carbocycles. The fourth-order valence-corrected chi connectivity index (χ4v) is 2.09. The van der Waals surface area contributed by atoms with Gasteiger partial charge in [0.25, 0.3) is 0 Å². The third kappa shape index (κ3) is 4.65. The van der Waals surface area contributed by atoms with Gasteiger partial charge in [-0.1, -0.05) is 19.3 Å². The standard InChI is InChI=1S/C12H23NO2/c1-3-15-12(14)10(2)13-9-11-7-5-4-6-8-11/h10-11,13H,3-9H2,1-2H3/t10-/m0/s1. The molecule has 0 aromatic heterocycles. The van der Waals surface area contributed by atoms with Crippen molar-refractivity contribution in [1.82, 2.24) is 5.32 Å². The Morgan fingerprint density at radius 3 is 2.67 bits per heavy atom. The number of hydrogen-bond acceptors (Lipinski definition) is 3. The Hall–Kier alpha value is -0.570. The first-order valence-electron chi connectivity index (χ1n) is 6.14. The molecule has 88 valence electrons. The molecular formula is C12H23NO2. The van der Waals surface area contributed by atoms with Gasteiger partial charge in [-0.3, -0.25) is 4.79 Å². The minimum atomic E-state index is -0.160. The Bertz CT molecular complexity index is 188. The van der Waals surface area contributed by atoms with Crippen LogP contribution >= 0.6 is 0 Å². The van der Waals surface area contributed by atoms with Gasteiger partial charge >= 0.3 is 5.97 Å². The molecule has 0 aromatic carbocycles. The molecule has 1 N–H and O–H groups in total. The minimum absolute atomic E-state index is 0.131. The quantitative estimate of drug-likeness (QED) is 0.711. The Labute approximate surface area is 92.6 Å². The number of esters is 1. The van der Waals surface area contributed by atoms with Gasteiger partial charge in [-0.25, -0.2) is 0 Å². The first kappa shape index (κ1) is 12.5. The van der Waals surface area contributed by atoms with Gasteiger partial charge in [0.2, 0.25) is 0 Å². The molecule has 0 unspecified atom stereocenters. The first-order valence-corrected chi connectivity index (χ1v) is 6.14. The van der Waals surface area contributed by atoms with E-state index in [1.54, 1.807) is 0 Å². The monoisotopic (exact) mass is 213 g/mol. The Morgan fingerprint density at radius 2 is 2.07 bits per heavy atom. The molecule has 1 aliphatic rings. The first-order chi connectivity index (χ1) is 7.24. The number of carbonyl (C=O) groups is 1. The molecule has 0 aromatic rings. The lowest BCUT2D eigenvalue weighted by atomic mass is 9.89. The summed E-state index contributed by atoms with van der Waals surface area (Å²) in [4.78, 5) is 11.3. The van der Waals surface area contributed by atoms with Crippen LogP contribution in [0.3, 0.4) is 0 Å². The van der Waals surface area contributed by atoms with Crippen LogP contribution in [0.15, 0.2) is 0 Å². The summed E-state index contributed by atoms with van der Waals surface area (Å²) in [6.07, 6.45) is 6.69. The molecular weight excluding hydrogens is 190 g/mol. The average molecular weight is 213 g/mol. The highest BCUT2D eigenvalue weighted by Crippen LogP contribution is 2.22. The van der Waals surface area contributed by atoms with Gasteiger partial charge in [0, 0.05) is 0 Å². The zero-order chi connectivity index (χ0) is 11.1. The van der Waals surface area contributed by atoms with Gasteiger partial charge in [0.1, 0.15) is 6.04 Å². The van der Waals surface area contributed by atoms with E-state index in [9.17, 15) is 4.79 Å². The van der Waals surface area contributed by atoms with Crippen molar-refractivity contribution in [1.29, 1.82) is 0 Å². The summed E-state index contributed by atoms with van der Waals surface area (Å²) in [5.74, 6) is 0.629. The van der Waals surface area contributed by atoms with Crippen molar-refractivity contribution >= 4 is 5.97 Å². The van der Waals surface area contributed by atoms with E-state index in [-0.39, 0.29) is 12.0 Å². The molecule has 0 bridgehead atoms. The third-order valence-electron chi connectivity index (χ3n) is 3.08. The second-order valence-corrected chi connectivity index (χ2v) is 4.39. The van der Waals surface area contributed by atoms with Crippen LogP contribution in [0.1, 0.15) is 46.0 Å². The SMILES string of the molecule is CCOC(=O)[C@H](C)NCC1CCCCC1. The molecule has 0 saturated heterocycles. The van der Waals surface area contributed by atoms with E-state index in [1.165, 1.54) is 32.1 Å². The highest BCUT2D eigenvalue weighted by Gasteiger charge is 2.17. The molecule has 0 amide bonds. The van der Waals surface area contributed by atoms with E-state index in [0.29, 0.717) is 6.61 Å². The Balaban J connectivity index is 2.14. The summed E-state index contributed by atoms with van der Waals surface area (Å²) < 4.78 is 4.94. The van der Waals surface area contributed by atoms with Crippen molar-refractivity contribution in [3.05, 3.63) is 0 Å². The molecule has 0 spiro atoms. The van der Waals surface area contributed by atoms with Crippen LogP contribution in [0.25, 0.3) is 0 Å². The van der Waals surface area contributed by atoms with Crippen molar-refractivity contribution < 1.29 is 9.53 Å². The lowest BCUT2D eigenvalue weighted by Crippen LogP contribution is -2.38. The fourth-order valence-electron chi connectivity index (χ4n) is 2.09. The van der Waals surface area contributed by atoms with Crippen molar-refractivity contribution in [2.75, 3.05) is 13.2 Å². The number of ether oxygens (including phenoxy) is 1. The van der Waals surface area contributed by atoms with Crippen LogP contribution in [0.4, 0.5) is 0 Å². The van der Waals surface area contributed by atoms with E-state index < -0.39 is 0 Å². The van der Waals surface area contributed by atoms with E-state index in [1.807, 2.05) is 13.8 Å². The second-order valence-electron chi connectivity index (χ2n) is 4.39. The molecule has 3 nitrogen and oxygen atoms in total. The number of carbonyl (C=O) groups excluding carboxylic acids is 1. The molecule has 0 heterocycles. The van der Waals surface area contributed by atoms with Crippen LogP contribution in [0.2, 0.25) is 0 Å². The molecule has 3 heteroatoms. The molecule has 1 fully saturated rings. The van der Waals surface area contributed by atoms with Crippen LogP contribution in [0.5, 0.6) is 0 Å². The van der Waals surface area contributed by atoms with Crippen molar-refractivity contribution in [3.8, 4) is 0 Å². The lowest BCUT2D eigenvalue weighted by Gasteiger charge is -2.23. The smallest absolute Gasteiger partial charge is 0.322 e. The highest BCUT2D eigenvalue weighted by molar-refractivity contribution is 5.75. The van der Waals surface area contributed by atoms with Crippen molar-refractivity contribution in [2.45, 2.75) is 52.0 Å². The number of hydrogen-bond donors (Lipinski definition) is 1. The lowest BCUT2D eigenvalue weighted by molar-refractivity contribution is -0.145.